The lowest BCUT2D eigenvalue weighted by atomic mass is 10.1. The number of carbonyl (C=O) groups excluding carboxylic acids is 1. The van der Waals surface area contributed by atoms with E-state index in [0.717, 1.165) is 24.8 Å². The Kier molecular flexibility index (Phi) is 6.83. The van der Waals surface area contributed by atoms with E-state index in [9.17, 15) is 4.79 Å². The van der Waals surface area contributed by atoms with E-state index < -0.39 is 0 Å². The number of nitrogens with zero attached hydrogens (tertiary/aromatic N) is 1. The maximum atomic E-state index is 12.8. The molecule has 0 aliphatic rings. The maximum Gasteiger partial charge on any atom is 0.254 e. The molecule has 0 aromatic heterocycles. The third kappa shape index (κ3) is 5.31. The van der Waals surface area contributed by atoms with Crippen LogP contribution in [-0.2, 0) is 6.16 Å². The SMILES string of the molecule is CCN(CC)C(=O)c1ccccc1CP(C(C)(C)C)C(C)(C)C. The molecule has 1 aromatic carbocycles. The van der Waals surface area contributed by atoms with Crippen LogP contribution in [0.4, 0.5) is 0 Å². The minimum Gasteiger partial charge on any atom is -0.339 e. The summed E-state index contributed by atoms with van der Waals surface area (Å²) in [6, 6.07) is 8.18. The van der Waals surface area contributed by atoms with Gasteiger partial charge in [-0.05, 0) is 42.0 Å². The van der Waals surface area contributed by atoms with Gasteiger partial charge in [0.15, 0.2) is 0 Å². The van der Waals surface area contributed by atoms with Crippen LogP contribution >= 0.6 is 7.92 Å². The molecule has 130 valence electrons. The zero-order chi connectivity index (χ0) is 17.8. The van der Waals surface area contributed by atoms with Crippen molar-refractivity contribution >= 4 is 13.8 Å². The monoisotopic (exact) mass is 335 g/mol. The lowest BCUT2D eigenvalue weighted by Gasteiger charge is -2.42. The molecule has 0 radical (unpaired) electrons. The molecule has 1 amide bonds. The van der Waals surface area contributed by atoms with E-state index in [4.69, 9.17) is 0 Å². The summed E-state index contributed by atoms with van der Waals surface area (Å²) >= 11 is 0. The van der Waals surface area contributed by atoms with Crippen molar-refractivity contribution in [2.45, 2.75) is 71.9 Å². The first-order valence-corrected chi connectivity index (χ1v) is 10.2. The number of rotatable bonds is 5. The quantitative estimate of drug-likeness (QED) is 0.628. The van der Waals surface area contributed by atoms with Crippen LogP contribution in [0.15, 0.2) is 24.3 Å². The van der Waals surface area contributed by atoms with E-state index in [0.29, 0.717) is 0 Å². The highest BCUT2D eigenvalue weighted by Gasteiger charge is 2.35. The normalized spacial score (nSPS) is 12.6. The van der Waals surface area contributed by atoms with E-state index in [-0.39, 0.29) is 24.1 Å². The number of amides is 1. The van der Waals surface area contributed by atoms with Crippen LogP contribution in [-0.4, -0.2) is 34.2 Å². The predicted octanol–water partition coefficient (Wildman–Crippen LogP) is 5.75. The van der Waals surface area contributed by atoms with E-state index in [1.54, 1.807) is 0 Å². The third-order valence-electron chi connectivity index (χ3n) is 4.25. The minimum atomic E-state index is -0.259. The zero-order valence-corrected chi connectivity index (χ0v) is 17.1. The molecule has 0 unspecified atom stereocenters. The number of hydrogen-bond acceptors (Lipinski definition) is 1. The van der Waals surface area contributed by atoms with Crippen molar-refractivity contribution in [3.8, 4) is 0 Å². The molecule has 0 N–H and O–H groups in total. The van der Waals surface area contributed by atoms with Gasteiger partial charge in [-0.15, -0.1) is 0 Å². The smallest absolute Gasteiger partial charge is 0.254 e. The summed E-state index contributed by atoms with van der Waals surface area (Å²) in [6.07, 6.45) is 1.01. The summed E-state index contributed by atoms with van der Waals surface area (Å²) < 4.78 is 0. The number of carbonyl (C=O) groups is 1. The Morgan fingerprint density at radius 3 is 1.87 bits per heavy atom. The third-order valence-corrected chi connectivity index (χ3v) is 8.14. The molecule has 0 saturated heterocycles. The summed E-state index contributed by atoms with van der Waals surface area (Å²) in [7, 11) is -0.259. The molecule has 0 heterocycles. The summed E-state index contributed by atoms with van der Waals surface area (Å²) in [4.78, 5) is 14.8. The Balaban J connectivity index is 3.21. The largest absolute Gasteiger partial charge is 0.339 e. The number of hydrogen-bond donors (Lipinski definition) is 0. The Labute approximate surface area is 144 Å². The van der Waals surface area contributed by atoms with Crippen LogP contribution in [0.1, 0.15) is 71.3 Å². The topological polar surface area (TPSA) is 20.3 Å². The Hall–Kier alpha value is -0.880. The van der Waals surface area contributed by atoms with Crippen molar-refractivity contribution in [2.75, 3.05) is 13.1 Å². The van der Waals surface area contributed by atoms with Gasteiger partial charge >= 0.3 is 0 Å². The molecule has 0 aliphatic heterocycles. The molecule has 0 bridgehead atoms. The average Bonchev–Trinajstić information content (AvgIpc) is 2.43. The van der Waals surface area contributed by atoms with Crippen LogP contribution in [0.25, 0.3) is 0 Å². The van der Waals surface area contributed by atoms with Crippen molar-refractivity contribution < 1.29 is 4.79 Å². The average molecular weight is 335 g/mol. The molecule has 0 fully saturated rings. The van der Waals surface area contributed by atoms with Crippen molar-refractivity contribution in [1.29, 1.82) is 0 Å². The first-order valence-electron chi connectivity index (χ1n) is 8.67. The molecule has 2 nitrogen and oxygen atoms in total. The van der Waals surface area contributed by atoms with Gasteiger partial charge in [-0.3, -0.25) is 4.79 Å². The molecule has 0 aliphatic carbocycles. The number of benzene rings is 1. The lowest BCUT2D eigenvalue weighted by molar-refractivity contribution is 0.0772. The van der Waals surface area contributed by atoms with Crippen molar-refractivity contribution in [3.05, 3.63) is 35.4 Å². The van der Waals surface area contributed by atoms with E-state index in [1.807, 2.05) is 30.9 Å². The van der Waals surface area contributed by atoms with Gasteiger partial charge in [-0.1, -0.05) is 67.7 Å². The van der Waals surface area contributed by atoms with Gasteiger partial charge in [0.25, 0.3) is 5.91 Å². The fraction of sp³-hybridized carbons (Fsp3) is 0.650. The van der Waals surface area contributed by atoms with Crippen LogP contribution < -0.4 is 0 Å². The van der Waals surface area contributed by atoms with Gasteiger partial charge in [-0.2, -0.15) is 0 Å². The van der Waals surface area contributed by atoms with E-state index in [1.165, 1.54) is 5.56 Å². The lowest BCUT2D eigenvalue weighted by Crippen LogP contribution is -2.31. The van der Waals surface area contributed by atoms with Crippen molar-refractivity contribution in [2.24, 2.45) is 0 Å². The molecule has 1 rings (SSSR count). The summed E-state index contributed by atoms with van der Waals surface area (Å²) in [5.41, 5.74) is 2.09. The minimum absolute atomic E-state index is 0.170. The standard InChI is InChI=1S/C20H34NOP/c1-9-21(10-2)18(22)17-14-12-11-13-16(17)15-23(19(3,4)5)20(6,7)8/h11-14H,9-10,15H2,1-8H3. The highest BCUT2D eigenvalue weighted by Crippen LogP contribution is 2.61. The highest BCUT2D eigenvalue weighted by molar-refractivity contribution is 7.60. The van der Waals surface area contributed by atoms with Gasteiger partial charge in [-0.25, -0.2) is 0 Å². The maximum absolute atomic E-state index is 12.8. The van der Waals surface area contributed by atoms with Crippen molar-refractivity contribution in [3.63, 3.8) is 0 Å². The predicted molar refractivity (Wildman–Crippen MR) is 104 cm³/mol. The summed E-state index contributed by atoms with van der Waals surface area (Å²) in [5, 5.41) is 0.526. The molecule has 0 saturated carbocycles. The molecule has 1 aromatic rings. The second-order valence-corrected chi connectivity index (χ2v) is 11.9. The summed E-state index contributed by atoms with van der Waals surface area (Å²) in [5.74, 6) is 0.170. The van der Waals surface area contributed by atoms with Crippen LogP contribution in [0, 0.1) is 0 Å². The molecule has 0 spiro atoms. The highest BCUT2D eigenvalue weighted by atomic mass is 31.1. The fourth-order valence-electron chi connectivity index (χ4n) is 3.20. The first kappa shape index (κ1) is 20.2. The Morgan fingerprint density at radius 1 is 0.957 bits per heavy atom. The van der Waals surface area contributed by atoms with Crippen molar-refractivity contribution in [1.82, 2.24) is 4.90 Å². The Bertz CT molecular complexity index is 507. The van der Waals surface area contributed by atoms with Gasteiger partial charge in [0.05, 0.1) is 0 Å². The van der Waals surface area contributed by atoms with Crippen LogP contribution in [0.2, 0.25) is 0 Å². The van der Waals surface area contributed by atoms with Crippen LogP contribution in [0.5, 0.6) is 0 Å². The van der Waals surface area contributed by atoms with E-state index in [2.05, 4.69) is 53.7 Å². The van der Waals surface area contributed by atoms with Gasteiger partial charge in [0, 0.05) is 18.7 Å². The fourth-order valence-corrected chi connectivity index (χ4v) is 6.78. The summed E-state index contributed by atoms with van der Waals surface area (Å²) in [6.45, 7) is 19.6. The molecule has 0 atom stereocenters. The molecular formula is C20H34NOP. The molecule has 23 heavy (non-hydrogen) atoms. The first-order chi connectivity index (χ1) is 10.5. The molecule has 3 heteroatoms. The van der Waals surface area contributed by atoms with Gasteiger partial charge in [0.2, 0.25) is 0 Å². The van der Waals surface area contributed by atoms with Gasteiger partial charge < -0.3 is 4.90 Å². The van der Waals surface area contributed by atoms with Crippen LogP contribution in [0.3, 0.4) is 0 Å². The van der Waals surface area contributed by atoms with Gasteiger partial charge in [0.1, 0.15) is 0 Å². The second kappa shape index (κ2) is 7.79. The zero-order valence-electron chi connectivity index (χ0n) is 16.2. The second-order valence-electron chi connectivity index (χ2n) is 8.06. The Morgan fingerprint density at radius 2 is 1.43 bits per heavy atom. The molecular weight excluding hydrogens is 301 g/mol. The van der Waals surface area contributed by atoms with E-state index >= 15 is 0 Å².